The summed E-state index contributed by atoms with van der Waals surface area (Å²) in [5.74, 6) is 1.63. The van der Waals surface area contributed by atoms with Crippen LogP contribution in [0.3, 0.4) is 0 Å². The molecule has 0 amide bonds. The lowest BCUT2D eigenvalue weighted by Gasteiger charge is -2.33. The normalized spacial score (nSPS) is 16.0. The number of benzene rings is 8. The lowest BCUT2D eigenvalue weighted by atomic mass is 9.70. The fourth-order valence-corrected chi connectivity index (χ4v) is 9.53. The number of hydrogen-bond acceptors (Lipinski definition) is 3. The Labute approximate surface area is 315 Å². The van der Waals surface area contributed by atoms with Gasteiger partial charge in [-0.25, -0.2) is 9.98 Å². The van der Waals surface area contributed by atoms with Gasteiger partial charge in [0.05, 0.1) is 5.41 Å². The van der Waals surface area contributed by atoms with Crippen LogP contribution in [0.5, 0.6) is 0 Å². The molecule has 0 saturated heterocycles. The first kappa shape index (κ1) is 30.8. The van der Waals surface area contributed by atoms with Crippen LogP contribution in [0.2, 0.25) is 0 Å². The van der Waals surface area contributed by atoms with Gasteiger partial charge in [0, 0.05) is 23.7 Å². The van der Waals surface area contributed by atoms with Gasteiger partial charge in [-0.3, -0.25) is 0 Å². The molecule has 0 aromatic heterocycles. The van der Waals surface area contributed by atoms with Crippen LogP contribution in [0.25, 0.3) is 44.2 Å². The summed E-state index contributed by atoms with van der Waals surface area (Å²) in [6.07, 6.45) is -0.245. The van der Waals surface area contributed by atoms with Gasteiger partial charge in [-0.05, 0) is 72.5 Å². The second kappa shape index (κ2) is 11.8. The fourth-order valence-electron chi connectivity index (χ4n) is 9.53. The Morgan fingerprint density at radius 1 is 0.444 bits per heavy atom. The minimum atomic E-state index is -0.429. The van der Waals surface area contributed by atoms with Crippen molar-refractivity contribution in [3.63, 3.8) is 0 Å². The van der Waals surface area contributed by atoms with Gasteiger partial charge in [-0.2, -0.15) is 0 Å². The molecule has 1 atom stereocenters. The lowest BCUT2D eigenvalue weighted by Crippen LogP contribution is -2.35. The van der Waals surface area contributed by atoms with Gasteiger partial charge in [0.25, 0.3) is 0 Å². The molecule has 3 heteroatoms. The number of amidine groups is 2. The predicted molar refractivity (Wildman–Crippen MR) is 222 cm³/mol. The third kappa shape index (κ3) is 4.24. The molecule has 0 saturated carbocycles. The molecule has 1 heterocycles. The summed E-state index contributed by atoms with van der Waals surface area (Å²) < 4.78 is 0. The summed E-state index contributed by atoms with van der Waals surface area (Å²) >= 11 is 0. The van der Waals surface area contributed by atoms with Crippen molar-refractivity contribution in [2.45, 2.75) is 11.6 Å². The fraction of sp³-hybridized carbons (Fsp3) is 0.0588. The zero-order valence-electron chi connectivity index (χ0n) is 29.8. The summed E-state index contributed by atoms with van der Waals surface area (Å²) in [5.41, 5.74) is 15.6. The van der Waals surface area contributed by atoms with E-state index in [9.17, 15) is 0 Å². The molecule has 11 rings (SSSR count). The average molecular weight is 690 g/mol. The van der Waals surface area contributed by atoms with E-state index in [-0.39, 0.29) is 6.17 Å². The summed E-state index contributed by atoms with van der Waals surface area (Å²) in [4.78, 5) is 13.1. The van der Waals surface area contributed by atoms with Crippen LogP contribution >= 0.6 is 0 Å². The molecule has 0 fully saturated rings. The Morgan fingerprint density at radius 2 is 1.00 bits per heavy atom. The maximum absolute atomic E-state index is 5.50. The number of rotatable bonds is 4. The smallest absolute Gasteiger partial charge is 0.160 e. The maximum Gasteiger partial charge on any atom is 0.160 e. The molecule has 54 heavy (non-hydrogen) atoms. The second-order valence-corrected chi connectivity index (χ2v) is 14.5. The molecule has 8 aromatic carbocycles. The topological polar surface area (TPSA) is 28.0 Å². The van der Waals surface area contributed by atoms with Gasteiger partial charge < -0.3 is 4.90 Å². The van der Waals surface area contributed by atoms with Crippen LogP contribution in [0, 0.1) is 0 Å². The maximum atomic E-state index is 5.50. The van der Waals surface area contributed by atoms with Crippen molar-refractivity contribution >= 4 is 22.4 Å². The predicted octanol–water partition coefficient (Wildman–Crippen LogP) is 11.7. The summed E-state index contributed by atoms with van der Waals surface area (Å²) in [6, 6.07) is 68.3. The largest absolute Gasteiger partial charge is 0.333 e. The summed E-state index contributed by atoms with van der Waals surface area (Å²) in [7, 11) is 2.10. The Morgan fingerprint density at radius 3 is 1.72 bits per heavy atom. The van der Waals surface area contributed by atoms with Crippen molar-refractivity contribution in [3.05, 3.63) is 227 Å². The molecule has 1 unspecified atom stereocenters. The second-order valence-electron chi connectivity index (χ2n) is 14.5. The standard InChI is InChI=1S/C51H35N3/c1-54-49(34-18-4-2-5-19-34)52-48(53-50(54)35-20-6-3-7-21-35)41-32-31-33-17-8-9-22-36(33)46(41)40-26-16-30-45-47(40)39-25-12-15-29-44(39)51(45)42-27-13-10-23-37(42)38-24-11-14-28-43(38)51/h2-32,49H,1H3. The van der Waals surface area contributed by atoms with E-state index < -0.39 is 5.41 Å². The quantitative estimate of drug-likeness (QED) is 0.181. The van der Waals surface area contributed by atoms with Crippen molar-refractivity contribution in [3.8, 4) is 33.4 Å². The molecule has 1 spiro atoms. The highest BCUT2D eigenvalue weighted by Crippen LogP contribution is 2.64. The molecular weight excluding hydrogens is 655 g/mol. The molecule has 3 aliphatic rings. The average Bonchev–Trinajstić information content (AvgIpc) is 3.72. The van der Waals surface area contributed by atoms with Crippen molar-refractivity contribution < 1.29 is 0 Å². The third-order valence-electron chi connectivity index (χ3n) is 11.7. The molecule has 2 aliphatic carbocycles. The van der Waals surface area contributed by atoms with Crippen LogP contribution in [-0.2, 0) is 5.41 Å². The van der Waals surface area contributed by atoms with Crippen molar-refractivity contribution in [2.24, 2.45) is 9.98 Å². The molecule has 1 aliphatic heterocycles. The Hall–Kier alpha value is -6.84. The van der Waals surface area contributed by atoms with Gasteiger partial charge in [0.2, 0.25) is 0 Å². The molecule has 0 radical (unpaired) electrons. The third-order valence-corrected chi connectivity index (χ3v) is 11.7. The van der Waals surface area contributed by atoms with E-state index in [2.05, 4.69) is 200 Å². The number of aliphatic imine (C=N–C) groups is 2. The Bertz CT molecular complexity index is 2800. The highest BCUT2D eigenvalue weighted by molar-refractivity contribution is 6.19. The van der Waals surface area contributed by atoms with Gasteiger partial charge in [0.1, 0.15) is 12.0 Å². The van der Waals surface area contributed by atoms with E-state index in [1.165, 1.54) is 60.8 Å². The SMILES string of the molecule is CN1C(c2ccccc2)=NC(c2ccc3ccccc3c2-c2cccc3c2-c2ccccc2C32c3ccccc3-c3ccccc32)=NC1c1ccccc1. The van der Waals surface area contributed by atoms with E-state index >= 15 is 0 Å². The van der Waals surface area contributed by atoms with Gasteiger partial charge >= 0.3 is 0 Å². The Kier molecular flexibility index (Phi) is 6.74. The first-order chi connectivity index (χ1) is 26.7. The number of hydrogen-bond donors (Lipinski definition) is 0. The van der Waals surface area contributed by atoms with E-state index in [0.717, 1.165) is 33.9 Å². The molecular formula is C51H35N3. The zero-order chi connectivity index (χ0) is 35.8. The zero-order valence-corrected chi connectivity index (χ0v) is 29.8. The molecule has 0 bridgehead atoms. The van der Waals surface area contributed by atoms with Crippen molar-refractivity contribution in [1.82, 2.24) is 4.90 Å². The van der Waals surface area contributed by atoms with Crippen LogP contribution in [0.4, 0.5) is 0 Å². The molecule has 0 N–H and O–H groups in total. The van der Waals surface area contributed by atoms with E-state index in [1.54, 1.807) is 0 Å². The molecule has 3 nitrogen and oxygen atoms in total. The van der Waals surface area contributed by atoms with Crippen LogP contribution in [-0.4, -0.2) is 23.6 Å². The highest BCUT2D eigenvalue weighted by atomic mass is 15.3. The first-order valence-corrected chi connectivity index (χ1v) is 18.7. The Balaban J connectivity index is 1.23. The van der Waals surface area contributed by atoms with E-state index in [0.29, 0.717) is 0 Å². The number of nitrogens with zero attached hydrogens (tertiary/aromatic N) is 3. The minimum absolute atomic E-state index is 0.245. The molecule has 8 aromatic rings. The first-order valence-electron chi connectivity index (χ1n) is 18.7. The van der Waals surface area contributed by atoms with Crippen LogP contribution in [0.15, 0.2) is 198 Å². The monoisotopic (exact) mass is 689 g/mol. The van der Waals surface area contributed by atoms with Crippen molar-refractivity contribution in [2.75, 3.05) is 7.05 Å². The summed E-state index contributed by atoms with van der Waals surface area (Å²) in [5, 5.41) is 2.37. The summed E-state index contributed by atoms with van der Waals surface area (Å²) in [6.45, 7) is 0. The van der Waals surface area contributed by atoms with Gasteiger partial charge in [-0.15, -0.1) is 0 Å². The van der Waals surface area contributed by atoms with Gasteiger partial charge in [-0.1, -0.05) is 182 Å². The van der Waals surface area contributed by atoms with E-state index in [4.69, 9.17) is 9.98 Å². The molecule has 254 valence electrons. The van der Waals surface area contributed by atoms with E-state index in [1.807, 2.05) is 0 Å². The van der Waals surface area contributed by atoms with Crippen LogP contribution < -0.4 is 0 Å². The highest BCUT2D eigenvalue weighted by Gasteiger charge is 2.52. The minimum Gasteiger partial charge on any atom is -0.333 e. The van der Waals surface area contributed by atoms with Crippen LogP contribution in [0.1, 0.15) is 45.1 Å². The number of fused-ring (bicyclic) bond motifs is 11. The van der Waals surface area contributed by atoms with Gasteiger partial charge in [0.15, 0.2) is 5.84 Å². The van der Waals surface area contributed by atoms with Crippen molar-refractivity contribution in [1.29, 1.82) is 0 Å². The lowest BCUT2D eigenvalue weighted by molar-refractivity contribution is 0.383.